The van der Waals surface area contributed by atoms with Gasteiger partial charge in [-0.15, -0.1) is 0 Å². The first-order valence-electron chi connectivity index (χ1n) is 8.20. The Kier molecular flexibility index (Phi) is 5.31. The maximum absolute atomic E-state index is 13.8. The van der Waals surface area contributed by atoms with E-state index in [9.17, 15) is 17.6 Å². The number of aromatic nitrogens is 1. The standard InChI is InChI=1S/C18H19F4N3O/c1-26-16-3-2-13(10-15(16)19)12-24-6-8-25(9-7-24)17-11-14(4-5-23-17)18(20,21)22/h2-5,10-11H,6-9,12H2,1H3. The summed E-state index contributed by atoms with van der Waals surface area (Å²) in [6, 6.07) is 6.89. The van der Waals surface area contributed by atoms with Crippen LogP contribution >= 0.6 is 0 Å². The number of benzene rings is 1. The number of nitrogens with zero attached hydrogens (tertiary/aromatic N) is 3. The summed E-state index contributed by atoms with van der Waals surface area (Å²) in [5.74, 6) is 0.126. The molecule has 3 rings (SSSR count). The predicted octanol–water partition coefficient (Wildman–Crippen LogP) is 3.57. The van der Waals surface area contributed by atoms with Gasteiger partial charge < -0.3 is 9.64 Å². The number of methoxy groups -OCH3 is 1. The second-order valence-corrected chi connectivity index (χ2v) is 6.13. The molecule has 2 aromatic rings. The molecule has 0 saturated carbocycles. The van der Waals surface area contributed by atoms with E-state index in [2.05, 4.69) is 9.88 Å². The molecule has 1 aromatic carbocycles. The van der Waals surface area contributed by atoms with Crippen molar-refractivity contribution in [2.24, 2.45) is 0 Å². The summed E-state index contributed by atoms with van der Waals surface area (Å²) >= 11 is 0. The van der Waals surface area contributed by atoms with Crippen LogP contribution in [0.5, 0.6) is 5.75 Å². The zero-order chi connectivity index (χ0) is 18.7. The summed E-state index contributed by atoms with van der Waals surface area (Å²) in [6.07, 6.45) is -3.19. The fraction of sp³-hybridized carbons (Fsp3) is 0.389. The number of halogens is 4. The molecule has 0 unspecified atom stereocenters. The van der Waals surface area contributed by atoms with Crippen molar-refractivity contribution in [2.75, 3.05) is 38.2 Å². The van der Waals surface area contributed by atoms with Gasteiger partial charge in [-0.25, -0.2) is 9.37 Å². The molecule has 140 valence electrons. The Hall–Kier alpha value is -2.35. The Morgan fingerprint density at radius 3 is 2.42 bits per heavy atom. The van der Waals surface area contributed by atoms with Crippen LogP contribution < -0.4 is 9.64 Å². The third-order valence-corrected chi connectivity index (χ3v) is 4.39. The molecule has 0 aliphatic carbocycles. The average molecular weight is 369 g/mol. The Morgan fingerprint density at radius 2 is 1.81 bits per heavy atom. The number of rotatable bonds is 4. The van der Waals surface area contributed by atoms with Crippen LogP contribution in [-0.2, 0) is 12.7 Å². The summed E-state index contributed by atoms with van der Waals surface area (Å²) in [6.45, 7) is 3.02. The van der Waals surface area contributed by atoms with E-state index < -0.39 is 17.6 Å². The van der Waals surface area contributed by atoms with Gasteiger partial charge in [0.25, 0.3) is 0 Å². The Bertz CT molecular complexity index is 758. The van der Waals surface area contributed by atoms with Crippen molar-refractivity contribution in [3.05, 3.63) is 53.5 Å². The highest BCUT2D eigenvalue weighted by molar-refractivity contribution is 5.42. The van der Waals surface area contributed by atoms with Gasteiger partial charge in [0.15, 0.2) is 11.6 Å². The molecule has 1 aromatic heterocycles. The number of hydrogen-bond donors (Lipinski definition) is 0. The van der Waals surface area contributed by atoms with Crippen LogP contribution in [0.4, 0.5) is 23.4 Å². The van der Waals surface area contributed by atoms with Crippen molar-refractivity contribution in [2.45, 2.75) is 12.7 Å². The third-order valence-electron chi connectivity index (χ3n) is 4.39. The van der Waals surface area contributed by atoms with Crippen molar-refractivity contribution >= 4 is 5.82 Å². The SMILES string of the molecule is COc1ccc(CN2CCN(c3cc(C(F)(F)F)ccn3)CC2)cc1F. The largest absolute Gasteiger partial charge is 0.494 e. The average Bonchev–Trinajstić information content (AvgIpc) is 2.62. The summed E-state index contributed by atoms with van der Waals surface area (Å²) in [4.78, 5) is 8.02. The molecule has 0 N–H and O–H groups in total. The lowest BCUT2D eigenvalue weighted by molar-refractivity contribution is -0.137. The minimum Gasteiger partial charge on any atom is -0.494 e. The second-order valence-electron chi connectivity index (χ2n) is 6.13. The Morgan fingerprint density at radius 1 is 1.08 bits per heavy atom. The lowest BCUT2D eigenvalue weighted by Gasteiger charge is -2.35. The quantitative estimate of drug-likeness (QED) is 0.771. The predicted molar refractivity (Wildman–Crippen MR) is 89.7 cm³/mol. The third kappa shape index (κ3) is 4.24. The highest BCUT2D eigenvalue weighted by atomic mass is 19.4. The summed E-state index contributed by atoms with van der Waals surface area (Å²) in [5.41, 5.74) is 0.132. The van der Waals surface area contributed by atoms with Crippen LogP contribution in [0.2, 0.25) is 0 Å². The van der Waals surface area contributed by atoms with Gasteiger partial charge in [0.05, 0.1) is 12.7 Å². The van der Waals surface area contributed by atoms with E-state index in [0.29, 0.717) is 38.5 Å². The van der Waals surface area contributed by atoms with Crippen LogP contribution in [0.1, 0.15) is 11.1 Å². The van der Waals surface area contributed by atoms with E-state index in [1.165, 1.54) is 19.4 Å². The van der Waals surface area contributed by atoms with Crippen molar-refractivity contribution in [1.29, 1.82) is 0 Å². The molecule has 1 saturated heterocycles. The van der Waals surface area contributed by atoms with Gasteiger partial charge in [0, 0.05) is 38.9 Å². The van der Waals surface area contributed by atoms with Gasteiger partial charge in [-0.2, -0.15) is 13.2 Å². The molecule has 0 atom stereocenters. The van der Waals surface area contributed by atoms with Crippen molar-refractivity contribution < 1.29 is 22.3 Å². The normalized spacial score (nSPS) is 16.0. The molecule has 0 bridgehead atoms. The first-order chi connectivity index (χ1) is 12.4. The van der Waals surface area contributed by atoms with E-state index in [4.69, 9.17) is 4.74 Å². The zero-order valence-electron chi connectivity index (χ0n) is 14.3. The van der Waals surface area contributed by atoms with Crippen molar-refractivity contribution in [3.63, 3.8) is 0 Å². The molecule has 1 aliphatic rings. The maximum Gasteiger partial charge on any atom is 0.416 e. The first-order valence-corrected chi connectivity index (χ1v) is 8.20. The van der Waals surface area contributed by atoms with Gasteiger partial charge in [-0.05, 0) is 29.8 Å². The van der Waals surface area contributed by atoms with Gasteiger partial charge in [0.1, 0.15) is 5.82 Å². The molecule has 0 radical (unpaired) electrons. The zero-order valence-corrected chi connectivity index (χ0v) is 14.3. The number of piperazine rings is 1. The Balaban J connectivity index is 1.60. The monoisotopic (exact) mass is 369 g/mol. The molecular weight excluding hydrogens is 350 g/mol. The summed E-state index contributed by atoms with van der Waals surface area (Å²) < 4.78 is 57.2. The molecule has 1 fully saturated rings. The lowest BCUT2D eigenvalue weighted by Crippen LogP contribution is -2.46. The number of alkyl halides is 3. The molecular formula is C18H19F4N3O. The molecule has 4 nitrogen and oxygen atoms in total. The number of hydrogen-bond acceptors (Lipinski definition) is 4. The fourth-order valence-electron chi connectivity index (χ4n) is 2.97. The van der Waals surface area contributed by atoms with Crippen LogP contribution in [0.25, 0.3) is 0 Å². The Labute approximate surface area is 149 Å². The second kappa shape index (κ2) is 7.49. The maximum atomic E-state index is 13.8. The van der Waals surface area contributed by atoms with Crippen LogP contribution in [0.15, 0.2) is 36.5 Å². The first kappa shape index (κ1) is 18.4. The van der Waals surface area contributed by atoms with Gasteiger partial charge >= 0.3 is 6.18 Å². The van der Waals surface area contributed by atoms with Gasteiger partial charge in [0.2, 0.25) is 0 Å². The number of pyridine rings is 1. The van der Waals surface area contributed by atoms with Crippen molar-refractivity contribution in [3.8, 4) is 5.75 Å². The molecule has 0 amide bonds. The van der Waals surface area contributed by atoms with E-state index in [1.54, 1.807) is 6.07 Å². The molecule has 8 heteroatoms. The summed E-state index contributed by atoms with van der Waals surface area (Å²) in [5, 5.41) is 0. The van der Waals surface area contributed by atoms with E-state index in [0.717, 1.165) is 17.7 Å². The topological polar surface area (TPSA) is 28.6 Å². The molecule has 1 aliphatic heterocycles. The van der Waals surface area contributed by atoms with Crippen LogP contribution in [0, 0.1) is 5.82 Å². The summed E-state index contributed by atoms with van der Waals surface area (Å²) in [7, 11) is 1.42. The van der Waals surface area contributed by atoms with Crippen molar-refractivity contribution in [1.82, 2.24) is 9.88 Å². The molecule has 26 heavy (non-hydrogen) atoms. The number of anilines is 1. The fourth-order valence-corrected chi connectivity index (χ4v) is 2.97. The minimum absolute atomic E-state index is 0.203. The van der Waals surface area contributed by atoms with Crippen LogP contribution in [0.3, 0.4) is 0 Å². The number of ether oxygens (including phenoxy) is 1. The lowest BCUT2D eigenvalue weighted by atomic mass is 10.1. The van der Waals surface area contributed by atoms with E-state index in [-0.39, 0.29) is 5.75 Å². The molecule has 2 heterocycles. The van der Waals surface area contributed by atoms with E-state index >= 15 is 0 Å². The van der Waals surface area contributed by atoms with E-state index in [1.807, 2.05) is 11.0 Å². The van der Waals surface area contributed by atoms with Gasteiger partial charge in [-0.1, -0.05) is 6.07 Å². The minimum atomic E-state index is -4.38. The molecule has 0 spiro atoms. The van der Waals surface area contributed by atoms with Crippen LogP contribution in [-0.4, -0.2) is 43.2 Å². The van der Waals surface area contributed by atoms with Gasteiger partial charge in [-0.3, -0.25) is 4.90 Å². The smallest absolute Gasteiger partial charge is 0.416 e. The highest BCUT2D eigenvalue weighted by Crippen LogP contribution is 2.31. The highest BCUT2D eigenvalue weighted by Gasteiger charge is 2.31.